The number of hydrogen-bond acceptors (Lipinski definition) is 4. The lowest BCUT2D eigenvalue weighted by molar-refractivity contribution is -0.147. The molecule has 2 rings (SSSR count). The number of carbonyl (C=O) groups excluding carboxylic acids is 2. The Morgan fingerprint density at radius 1 is 1.33 bits per heavy atom. The molecule has 0 saturated heterocycles. The first-order valence-electron chi connectivity index (χ1n) is 6.61. The van der Waals surface area contributed by atoms with Gasteiger partial charge >= 0.3 is 5.97 Å². The number of ether oxygens (including phenoxy) is 1. The molecule has 0 spiro atoms. The van der Waals surface area contributed by atoms with E-state index in [4.69, 9.17) is 4.74 Å². The van der Waals surface area contributed by atoms with Gasteiger partial charge in [0.05, 0.1) is 13.0 Å². The lowest BCUT2D eigenvalue weighted by Gasteiger charge is -2.34. The lowest BCUT2D eigenvalue weighted by atomic mass is 9.82. The second-order valence-electron chi connectivity index (χ2n) is 4.86. The van der Waals surface area contributed by atoms with E-state index in [2.05, 4.69) is 0 Å². The molecule has 0 fully saturated rings. The monoisotopic (exact) mass is 284 g/mol. The molecule has 0 aliphatic carbocycles. The predicted octanol–water partition coefficient (Wildman–Crippen LogP) is 1.83. The summed E-state index contributed by atoms with van der Waals surface area (Å²) in [6, 6.07) is 11.5. The number of esters is 1. The van der Waals surface area contributed by atoms with Gasteiger partial charge in [-0.1, -0.05) is 30.3 Å². The van der Waals surface area contributed by atoms with Gasteiger partial charge in [-0.25, -0.2) is 0 Å². The Morgan fingerprint density at radius 3 is 2.52 bits per heavy atom. The van der Waals surface area contributed by atoms with Crippen molar-refractivity contribution >= 4 is 11.9 Å². The van der Waals surface area contributed by atoms with Gasteiger partial charge in [-0.2, -0.15) is 5.26 Å². The van der Waals surface area contributed by atoms with Crippen LogP contribution in [0.25, 0.3) is 0 Å². The molecule has 108 valence electrons. The summed E-state index contributed by atoms with van der Waals surface area (Å²) in [4.78, 5) is 25.0. The van der Waals surface area contributed by atoms with Crippen LogP contribution in [0, 0.1) is 17.2 Å². The highest BCUT2D eigenvalue weighted by Gasteiger charge is 2.37. The molecule has 5 heteroatoms. The second-order valence-corrected chi connectivity index (χ2v) is 4.86. The van der Waals surface area contributed by atoms with Gasteiger partial charge in [0.25, 0.3) is 0 Å². The van der Waals surface area contributed by atoms with Gasteiger partial charge in [-0.3, -0.25) is 9.59 Å². The number of methoxy groups -OCH3 is 1. The largest absolute Gasteiger partial charge is 0.469 e. The van der Waals surface area contributed by atoms with Gasteiger partial charge < -0.3 is 9.64 Å². The zero-order valence-electron chi connectivity index (χ0n) is 11.9. The SMILES string of the molecule is COC(=O)[C@H]1CN(C(C)=O)C(C#N)=C[C@H]1c1ccccc1. The minimum atomic E-state index is -0.515. The van der Waals surface area contributed by atoms with Crippen LogP contribution in [-0.4, -0.2) is 30.4 Å². The van der Waals surface area contributed by atoms with Crippen LogP contribution in [0.3, 0.4) is 0 Å². The minimum absolute atomic E-state index is 0.154. The predicted molar refractivity (Wildman–Crippen MR) is 75.8 cm³/mol. The molecule has 1 amide bonds. The summed E-state index contributed by atoms with van der Waals surface area (Å²) in [6.07, 6.45) is 1.67. The Kier molecular flexibility index (Phi) is 4.39. The number of nitriles is 1. The Labute approximate surface area is 123 Å². The van der Waals surface area contributed by atoms with Crippen LogP contribution < -0.4 is 0 Å². The smallest absolute Gasteiger partial charge is 0.311 e. The molecule has 1 aliphatic heterocycles. The molecule has 21 heavy (non-hydrogen) atoms. The zero-order chi connectivity index (χ0) is 15.4. The molecule has 0 bridgehead atoms. The molecular formula is C16H16N2O3. The molecule has 5 nitrogen and oxygen atoms in total. The van der Waals surface area contributed by atoms with Crippen LogP contribution in [0.2, 0.25) is 0 Å². The summed E-state index contributed by atoms with van der Waals surface area (Å²) >= 11 is 0. The average molecular weight is 284 g/mol. The Morgan fingerprint density at radius 2 is 2.00 bits per heavy atom. The molecule has 0 radical (unpaired) electrons. The molecular weight excluding hydrogens is 268 g/mol. The van der Waals surface area contributed by atoms with Crippen molar-refractivity contribution in [2.24, 2.45) is 5.92 Å². The summed E-state index contributed by atoms with van der Waals surface area (Å²) in [5.41, 5.74) is 1.19. The maximum atomic E-state index is 12.0. The highest BCUT2D eigenvalue weighted by atomic mass is 16.5. The normalized spacial score (nSPS) is 21.2. The molecule has 0 saturated carbocycles. The summed E-state index contributed by atoms with van der Waals surface area (Å²) in [5, 5.41) is 9.23. The van der Waals surface area contributed by atoms with Crippen LogP contribution in [0.4, 0.5) is 0 Å². The Bertz CT molecular complexity index is 616. The van der Waals surface area contributed by atoms with Crippen molar-refractivity contribution < 1.29 is 14.3 Å². The zero-order valence-corrected chi connectivity index (χ0v) is 11.9. The van der Waals surface area contributed by atoms with Crippen LogP contribution in [0.1, 0.15) is 18.4 Å². The van der Waals surface area contributed by atoms with E-state index in [0.29, 0.717) is 0 Å². The summed E-state index contributed by atoms with van der Waals surface area (Å²) < 4.78 is 4.85. The fourth-order valence-electron chi connectivity index (χ4n) is 2.56. The van der Waals surface area contributed by atoms with Gasteiger partial charge in [-0.05, 0) is 11.6 Å². The van der Waals surface area contributed by atoms with Gasteiger partial charge in [-0.15, -0.1) is 0 Å². The van der Waals surface area contributed by atoms with Crippen molar-refractivity contribution in [1.82, 2.24) is 4.90 Å². The summed E-state index contributed by atoms with van der Waals surface area (Å²) in [6.45, 7) is 1.53. The molecule has 2 atom stereocenters. The van der Waals surface area contributed by atoms with E-state index in [1.807, 2.05) is 36.4 Å². The number of hydrogen-bond donors (Lipinski definition) is 0. The number of carbonyl (C=O) groups is 2. The van der Waals surface area contributed by atoms with Crippen molar-refractivity contribution in [2.45, 2.75) is 12.8 Å². The van der Waals surface area contributed by atoms with Gasteiger partial charge in [0.1, 0.15) is 11.8 Å². The van der Waals surface area contributed by atoms with Crippen LogP contribution in [0.5, 0.6) is 0 Å². The van der Waals surface area contributed by atoms with E-state index in [-0.39, 0.29) is 30.0 Å². The topological polar surface area (TPSA) is 70.4 Å². The first kappa shape index (κ1) is 14.8. The van der Waals surface area contributed by atoms with Crippen molar-refractivity contribution in [1.29, 1.82) is 5.26 Å². The number of amides is 1. The van der Waals surface area contributed by atoms with Crippen LogP contribution in [-0.2, 0) is 14.3 Å². The van der Waals surface area contributed by atoms with Crippen molar-refractivity contribution in [2.75, 3.05) is 13.7 Å². The first-order valence-corrected chi connectivity index (χ1v) is 6.61. The maximum absolute atomic E-state index is 12.0. The van der Waals surface area contributed by atoms with E-state index >= 15 is 0 Å². The summed E-state index contributed by atoms with van der Waals surface area (Å²) in [7, 11) is 1.33. The molecule has 1 aromatic rings. The van der Waals surface area contributed by atoms with E-state index in [0.717, 1.165) is 5.56 Å². The van der Waals surface area contributed by atoms with E-state index in [1.54, 1.807) is 6.08 Å². The van der Waals surface area contributed by atoms with Gasteiger partial charge in [0.15, 0.2) is 0 Å². The summed E-state index contributed by atoms with van der Waals surface area (Å²) in [5.74, 6) is -1.44. The van der Waals surface area contributed by atoms with Crippen molar-refractivity contribution in [3.05, 3.63) is 47.7 Å². The molecule has 1 heterocycles. The number of nitrogens with zero attached hydrogens (tertiary/aromatic N) is 2. The molecule has 0 N–H and O–H groups in total. The third kappa shape index (κ3) is 2.95. The number of allylic oxidation sites excluding steroid dienone is 2. The molecule has 1 aromatic carbocycles. The first-order chi connectivity index (χ1) is 10.1. The minimum Gasteiger partial charge on any atom is -0.469 e. The third-order valence-electron chi connectivity index (χ3n) is 3.62. The molecule has 0 aromatic heterocycles. The van der Waals surface area contributed by atoms with Gasteiger partial charge in [0, 0.05) is 19.4 Å². The average Bonchev–Trinajstić information content (AvgIpc) is 2.53. The van der Waals surface area contributed by atoms with E-state index in [9.17, 15) is 14.9 Å². The fourth-order valence-corrected chi connectivity index (χ4v) is 2.56. The molecule has 0 unspecified atom stereocenters. The standard InChI is InChI=1S/C16H16N2O3/c1-11(19)18-10-15(16(20)21-2)14(8-13(18)9-17)12-6-4-3-5-7-12/h3-8,14-15H,10H2,1-2H3/t14-,15-/m0/s1. The Balaban J connectivity index is 2.48. The van der Waals surface area contributed by atoms with Crippen molar-refractivity contribution in [3.8, 4) is 6.07 Å². The van der Waals surface area contributed by atoms with Crippen LogP contribution >= 0.6 is 0 Å². The number of benzene rings is 1. The van der Waals surface area contributed by atoms with Crippen LogP contribution in [0.15, 0.2) is 42.1 Å². The highest BCUT2D eigenvalue weighted by Crippen LogP contribution is 2.34. The third-order valence-corrected chi connectivity index (χ3v) is 3.62. The van der Waals surface area contributed by atoms with E-state index in [1.165, 1.54) is 18.9 Å². The maximum Gasteiger partial charge on any atom is 0.311 e. The fraction of sp³-hybridized carbons (Fsp3) is 0.312. The quantitative estimate of drug-likeness (QED) is 0.777. The van der Waals surface area contributed by atoms with Gasteiger partial charge in [0.2, 0.25) is 5.91 Å². The lowest BCUT2D eigenvalue weighted by Crippen LogP contribution is -2.42. The molecule has 1 aliphatic rings. The highest BCUT2D eigenvalue weighted by molar-refractivity contribution is 5.80. The van der Waals surface area contributed by atoms with Crippen molar-refractivity contribution in [3.63, 3.8) is 0 Å². The van der Waals surface area contributed by atoms with E-state index < -0.39 is 5.92 Å². The Hall–Kier alpha value is -2.61. The number of rotatable bonds is 2. The second kappa shape index (κ2) is 6.23.